The second kappa shape index (κ2) is 7.70. The first-order valence-corrected chi connectivity index (χ1v) is 8.78. The first-order chi connectivity index (χ1) is 12.5. The van der Waals surface area contributed by atoms with E-state index in [1.54, 1.807) is 6.92 Å². The lowest BCUT2D eigenvalue weighted by atomic mass is 10.1. The number of thioether (sulfide) groups is 1. The molecular weight excluding hydrogens is 360 g/mol. The van der Waals surface area contributed by atoms with E-state index in [9.17, 15) is 18.4 Å². The van der Waals surface area contributed by atoms with Crippen LogP contribution in [0.3, 0.4) is 0 Å². The number of aromatic nitrogens is 1. The number of ether oxygens (including phenoxy) is 1. The second-order valence-electron chi connectivity index (χ2n) is 5.62. The topological polar surface area (TPSA) is 59.2 Å². The summed E-state index contributed by atoms with van der Waals surface area (Å²) in [5.74, 6) is -2.43. The third-order valence-corrected chi connectivity index (χ3v) is 4.78. The Morgan fingerprint density at radius 3 is 2.73 bits per heavy atom. The van der Waals surface area contributed by atoms with Crippen molar-refractivity contribution >= 4 is 34.4 Å². The van der Waals surface area contributed by atoms with Crippen LogP contribution in [0.5, 0.6) is 0 Å². The largest absolute Gasteiger partial charge is 0.457 e. The van der Waals surface area contributed by atoms with Crippen LogP contribution in [0.2, 0.25) is 0 Å². The number of H-pyrrole nitrogens is 1. The maximum atomic E-state index is 13.5. The predicted molar refractivity (Wildman–Crippen MR) is 95.4 cm³/mol. The Balaban J connectivity index is 1.59. The van der Waals surface area contributed by atoms with Crippen molar-refractivity contribution in [3.8, 4) is 0 Å². The number of aromatic amines is 1. The van der Waals surface area contributed by atoms with E-state index in [1.165, 1.54) is 0 Å². The minimum absolute atomic E-state index is 0.0146. The molecule has 0 unspecified atom stereocenters. The van der Waals surface area contributed by atoms with Gasteiger partial charge in [-0.05, 0) is 31.2 Å². The Kier molecular flexibility index (Phi) is 5.37. The van der Waals surface area contributed by atoms with Gasteiger partial charge in [-0.3, -0.25) is 9.59 Å². The van der Waals surface area contributed by atoms with Crippen LogP contribution in [-0.2, 0) is 9.53 Å². The molecule has 26 heavy (non-hydrogen) atoms. The molecule has 134 valence electrons. The molecule has 4 nitrogen and oxygen atoms in total. The number of hydrogen-bond donors (Lipinski definition) is 1. The number of nitrogens with one attached hydrogen (secondary N) is 1. The highest BCUT2D eigenvalue weighted by atomic mass is 32.2. The first kappa shape index (κ1) is 18.1. The number of ketones is 1. The van der Waals surface area contributed by atoms with Crippen LogP contribution >= 0.6 is 11.8 Å². The third-order valence-electron chi connectivity index (χ3n) is 3.78. The van der Waals surface area contributed by atoms with Gasteiger partial charge >= 0.3 is 5.97 Å². The van der Waals surface area contributed by atoms with Crippen LogP contribution in [0.15, 0.2) is 47.4 Å². The van der Waals surface area contributed by atoms with Gasteiger partial charge in [-0.2, -0.15) is 0 Å². The first-order valence-electron chi connectivity index (χ1n) is 7.79. The summed E-state index contributed by atoms with van der Waals surface area (Å²) in [6.07, 6.45) is 0. The van der Waals surface area contributed by atoms with E-state index in [2.05, 4.69) is 4.98 Å². The monoisotopic (exact) mass is 375 g/mol. The molecule has 0 fully saturated rings. The molecule has 0 aliphatic heterocycles. The van der Waals surface area contributed by atoms with Crippen LogP contribution in [0.4, 0.5) is 8.78 Å². The zero-order valence-electron chi connectivity index (χ0n) is 13.8. The lowest BCUT2D eigenvalue weighted by molar-refractivity contribution is -0.139. The molecule has 1 aromatic heterocycles. The number of carbonyl (C=O) groups excluding carboxylic acids is 2. The quantitative estimate of drug-likeness (QED) is 0.397. The van der Waals surface area contributed by atoms with Crippen molar-refractivity contribution in [1.82, 2.24) is 4.98 Å². The summed E-state index contributed by atoms with van der Waals surface area (Å²) in [6, 6.07) is 10.4. The van der Waals surface area contributed by atoms with Gasteiger partial charge in [-0.15, -0.1) is 11.8 Å². The standard InChI is InChI=1S/C19H15F2NO3S/c1-11-19(13-4-2-3-5-15(13)22-11)16(23)9-25-18(24)10-26-17-8-12(20)6-7-14(17)21/h2-8,22H,9-10H2,1H3. The fraction of sp³-hybridized carbons (Fsp3) is 0.158. The number of esters is 1. The van der Waals surface area contributed by atoms with Crippen LogP contribution in [0.1, 0.15) is 16.1 Å². The molecule has 1 N–H and O–H groups in total. The van der Waals surface area contributed by atoms with Gasteiger partial charge in [0.2, 0.25) is 5.78 Å². The second-order valence-corrected chi connectivity index (χ2v) is 6.64. The van der Waals surface area contributed by atoms with Crippen molar-refractivity contribution in [2.24, 2.45) is 0 Å². The number of hydrogen-bond acceptors (Lipinski definition) is 4. The Bertz CT molecular complexity index is 984. The minimum atomic E-state index is -0.676. The number of aryl methyl sites for hydroxylation is 1. The van der Waals surface area contributed by atoms with Crippen molar-refractivity contribution in [2.75, 3.05) is 12.4 Å². The molecule has 0 saturated heterocycles. The Morgan fingerprint density at radius 2 is 1.92 bits per heavy atom. The summed E-state index contributed by atoms with van der Waals surface area (Å²) in [5.41, 5.74) is 2.01. The molecule has 3 rings (SSSR count). The maximum absolute atomic E-state index is 13.5. The van der Waals surface area contributed by atoms with Crippen molar-refractivity contribution < 1.29 is 23.1 Å². The molecule has 3 aromatic rings. The van der Waals surface area contributed by atoms with Gasteiger partial charge in [0.05, 0.1) is 5.75 Å². The highest BCUT2D eigenvalue weighted by molar-refractivity contribution is 8.00. The zero-order chi connectivity index (χ0) is 18.7. The highest BCUT2D eigenvalue weighted by Gasteiger charge is 2.18. The summed E-state index contributed by atoms with van der Waals surface area (Å²) < 4.78 is 31.6. The number of Topliss-reactive ketones (excluding diaryl/α,β-unsaturated/α-hetero) is 1. The normalized spacial score (nSPS) is 10.9. The minimum Gasteiger partial charge on any atom is -0.457 e. The molecular formula is C19H15F2NO3S. The number of para-hydroxylation sites is 1. The van der Waals surface area contributed by atoms with Gasteiger partial charge < -0.3 is 9.72 Å². The summed E-state index contributed by atoms with van der Waals surface area (Å²) in [6.45, 7) is 1.37. The van der Waals surface area contributed by atoms with Crippen molar-refractivity contribution in [1.29, 1.82) is 0 Å². The number of rotatable bonds is 6. The fourth-order valence-corrected chi connectivity index (χ4v) is 3.38. The van der Waals surface area contributed by atoms with Gasteiger partial charge in [0.1, 0.15) is 11.6 Å². The van der Waals surface area contributed by atoms with Crippen LogP contribution in [0, 0.1) is 18.6 Å². The lowest BCUT2D eigenvalue weighted by Crippen LogP contribution is -2.16. The van der Waals surface area contributed by atoms with E-state index >= 15 is 0 Å². The molecule has 0 amide bonds. The molecule has 0 aliphatic rings. The average molecular weight is 375 g/mol. The molecule has 0 saturated carbocycles. The summed E-state index contributed by atoms with van der Waals surface area (Å²) >= 11 is 0.817. The summed E-state index contributed by atoms with van der Waals surface area (Å²) in [4.78, 5) is 27.3. The Morgan fingerprint density at radius 1 is 1.15 bits per heavy atom. The zero-order valence-corrected chi connectivity index (χ0v) is 14.7. The molecule has 1 heterocycles. The SMILES string of the molecule is Cc1[nH]c2ccccc2c1C(=O)COC(=O)CSc1cc(F)ccc1F. The highest BCUT2D eigenvalue weighted by Crippen LogP contribution is 2.24. The Labute approximate surface area is 152 Å². The van der Waals surface area contributed by atoms with Gasteiger partial charge in [0.15, 0.2) is 6.61 Å². The van der Waals surface area contributed by atoms with Crippen LogP contribution in [0.25, 0.3) is 10.9 Å². The van der Waals surface area contributed by atoms with Gasteiger partial charge in [0, 0.05) is 27.1 Å². The van der Waals surface area contributed by atoms with E-state index in [0.717, 1.165) is 40.9 Å². The van der Waals surface area contributed by atoms with Crippen molar-refractivity contribution in [3.63, 3.8) is 0 Å². The van der Waals surface area contributed by atoms with Crippen molar-refractivity contribution in [2.45, 2.75) is 11.8 Å². The molecule has 0 radical (unpaired) electrons. The van der Waals surface area contributed by atoms with E-state index in [1.807, 2.05) is 24.3 Å². The maximum Gasteiger partial charge on any atom is 0.316 e. The number of halogens is 2. The molecule has 7 heteroatoms. The fourth-order valence-electron chi connectivity index (χ4n) is 2.62. The van der Waals surface area contributed by atoms with Crippen LogP contribution < -0.4 is 0 Å². The third kappa shape index (κ3) is 3.94. The van der Waals surface area contributed by atoms with E-state index in [0.29, 0.717) is 11.3 Å². The smallest absolute Gasteiger partial charge is 0.316 e. The van der Waals surface area contributed by atoms with E-state index in [4.69, 9.17) is 4.74 Å². The molecule has 0 bridgehead atoms. The number of carbonyl (C=O) groups is 2. The predicted octanol–water partition coefficient (Wildman–Crippen LogP) is 4.27. The van der Waals surface area contributed by atoms with Gasteiger partial charge in [-0.25, -0.2) is 8.78 Å². The molecule has 0 aliphatic carbocycles. The van der Waals surface area contributed by atoms with Crippen molar-refractivity contribution in [3.05, 3.63) is 65.4 Å². The average Bonchev–Trinajstić information content (AvgIpc) is 2.96. The number of benzene rings is 2. The molecule has 0 spiro atoms. The lowest BCUT2D eigenvalue weighted by Gasteiger charge is -2.06. The molecule has 0 atom stereocenters. The van der Waals surface area contributed by atoms with Crippen LogP contribution in [-0.4, -0.2) is 29.1 Å². The summed E-state index contributed by atoms with van der Waals surface area (Å²) in [5, 5.41) is 0.766. The van der Waals surface area contributed by atoms with E-state index in [-0.39, 0.29) is 16.4 Å². The Hall–Kier alpha value is -2.67. The van der Waals surface area contributed by atoms with Gasteiger partial charge in [-0.1, -0.05) is 18.2 Å². The number of fused-ring (bicyclic) bond motifs is 1. The van der Waals surface area contributed by atoms with Gasteiger partial charge in [0.25, 0.3) is 0 Å². The summed E-state index contributed by atoms with van der Waals surface area (Å²) in [7, 11) is 0. The molecule has 2 aromatic carbocycles. The van der Waals surface area contributed by atoms with E-state index < -0.39 is 24.2 Å².